The van der Waals surface area contributed by atoms with E-state index in [1.807, 2.05) is 24.7 Å². The number of amides is 2. The minimum atomic E-state index is -4.45. The first kappa shape index (κ1) is 19.5. The normalized spacial score (nSPS) is 17.5. The third-order valence-corrected chi connectivity index (χ3v) is 5.07. The summed E-state index contributed by atoms with van der Waals surface area (Å²) in [5.41, 5.74) is -0.779. The molecule has 0 spiro atoms. The van der Waals surface area contributed by atoms with E-state index in [1.54, 1.807) is 18.2 Å². The minimum absolute atomic E-state index is 0.0211. The highest BCUT2D eigenvalue weighted by molar-refractivity contribution is 5.92. The van der Waals surface area contributed by atoms with Crippen LogP contribution in [0.15, 0.2) is 24.4 Å². The molecule has 1 fully saturated rings. The maximum absolute atomic E-state index is 13.2. The van der Waals surface area contributed by atoms with Crippen LogP contribution in [-0.4, -0.2) is 52.7 Å². The molecule has 1 aromatic carbocycles. The first-order valence-corrected chi connectivity index (χ1v) is 8.82. The average molecular weight is 384 g/mol. The van der Waals surface area contributed by atoms with Crippen LogP contribution < -0.4 is 5.32 Å². The number of piperidine rings is 1. The zero-order chi connectivity index (χ0) is 19.8. The number of carbonyl (C=O) groups excluding carboxylic acids is 1. The maximum atomic E-state index is 13.2. The third-order valence-electron chi connectivity index (χ3n) is 5.07. The van der Waals surface area contributed by atoms with Gasteiger partial charge in [0, 0.05) is 56.4 Å². The molecule has 1 aromatic heterocycles. The summed E-state index contributed by atoms with van der Waals surface area (Å²) in [4.78, 5) is 13.8. The highest BCUT2D eigenvalue weighted by Gasteiger charge is 2.56. The monoisotopic (exact) mass is 384 g/mol. The predicted molar refractivity (Wildman–Crippen MR) is 95.7 cm³/mol. The number of ether oxygens (including phenoxy) is 1. The van der Waals surface area contributed by atoms with Crippen LogP contribution in [0, 0.1) is 0 Å². The molecular weight excluding hydrogens is 361 g/mol. The van der Waals surface area contributed by atoms with Gasteiger partial charge in [0.2, 0.25) is 0 Å². The van der Waals surface area contributed by atoms with Crippen molar-refractivity contribution in [2.45, 2.75) is 44.5 Å². The summed E-state index contributed by atoms with van der Waals surface area (Å²) < 4.78 is 46.3. The first-order chi connectivity index (χ1) is 12.6. The fourth-order valence-corrected chi connectivity index (χ4v) is 3.26. The van der Waals surface area contributed by atoms with Crippen molar-refractivity contribution in [3.8, 4) is 0 Å². The van der Waals surface area contributed by atoms with Crippen molar-refractivity contribution >= 4 is 22.6 Å². The van der Waals surface area contributed by atoms with Crippen molar-refractivity contribution in [2.24, 2.45) is 0 Å². The van der Waals surface area contributed by atoms with Crippen LogP contribution in [-0.2, 0) is 4.74 Å². The number of hydrogen-bond donors (Lipinski definition) is 1. The Bertz CT molecular complexity index is 824. The molecule has 1 N–H and O–H groups in total. The van der Waals surface area contributed by atoms with Crippen molar-refractivity contribution in [1.82, 2.24) is 14.7 Å². The fourth-order valence-electron chi connectivity index (χ4n) is 3.26. The molecule has 0 aliphatic carbocycles. The standard InChI is InChI=1S/C18H23F3N4O2/c1-12(2)25-11-13-10-14(4-5-15(13)23-25)22-16(26)24-8-6-17(27-3,7-9-24)18(19,20)21/h4-5,10-12H,6-9H2,1-3H3,(H,22,26). The number of aromatic nitrogens is 2. The van der Waals surface area contributed by atoms with E-state index in [1.165, 1.54) is 4.90 Å². The molecule has 1 saturated heterocycles. The number of carbonyl (C=O) groups is 1. The lowest BCUT2D eigenvalue weighted by Gasteiger charge is -2.41. The second kappa shape index (κ2) is 7.03. The van der Waals surface area contributed by atoms with E-state index < -0.39 is 17.8 Å². The van der Waals surface area contributed by atoms with Crippen LogP contribution in [0.1, 0.15) is 32.7 Å². The largest absolute Gasteiger partial charge is 0.417 e. The molecule has 1 aliphatic heterocycles. The van der Waals surface area contributed by atoms with Gasteiger partial charge in [-0.05, 0) is 32.0 Å². The molecule has 0 unspecified atom stereocenters. The lowest BCUT2D eigenvalue weighted by Crippen LogP contribution is -2.56. The molecular formula is C18H23F3N4O2. The zero-order valence-corrected chi connectivity index (χ0v) is 15.5. The molecule has 0 saturated carbocycles. The van der Waals surface area contributed by atoms with E-state index in [4.69, 9.17) is 4.74 Å². The molecule has 2 aromatic rings. The van der Waals surface area contributed by atoms with Crippen LogP contribution in [0.4, 0.5) is 23.7 Å². The molecule has 27 heavy (non-hydrogen) atoms. The van der Waals surface area contributed by atoms with Gasteiger partial charge in [-0.25, -0.2) is 4.79 Å². The number of methoxy groups -OCH3 is 1. The highest BCUT2D eigenvalue weighted by Crippen LogP contribution is 2.41. The number of halogens is 3. The first-order valence-electron chi connectivity index (χ1n) is 8.82. The lowest BCUT2D eigenvalue weighted by atomic mass is 9.90. The summed E-state index contributed by atoms with van der Waals surface area (Å²) in [7, 11) is 1.07. The lowest BCUT2D eigenvalue weighted by molar-refractivity contribution is -0.280. The number of urea groups is 1. The van der Waals surface area contributed by atoms with E-state index in [0.717, 1.165) is 18.0 Å². The van der Waals surface area contributed by atoms with Crippen LogP contribution in [0.3, 0.4) is 0 Å². The Hall–Kier alpha value is -2.29. The minimum Gasteiger partial charge on any atom is -0.369 e. The molecule has 0 bridgehead atoms. The van der Waals surface area contributed by atoms with E-state index in [-0.39, 0.29) is 32.0 Å². The summed E-state index contributed by atoms with van der Waals surface area (Å²) in [6.45, 7) is 4.00. The molecule has 0 radical (unpaired) electrons. The van der Waals surface area contributed by atoms with Gasteiger partial charge in [0.1, 0.15) is 0 Å². The average Bonchev–Trinajstić information content (AvgIpc) is 3.04. The summed E-state index contributed by atoms with van der Waals surface area (Å²) in [6.07, 6.45) is -3.11. The molecule has 148 valence electrons. The van der Waals surface area contributed by atoms with Gasteiger partial charge in [-0.2, -0.15) is 18.3 Å². The van der Waals surface area contributed by atoms with E-state index in [2.05, 4.69) is 10.4 Å². The highest BCUT2D eigenvalue weighted by atomic mass is 19.4. The Morgan fingerprint density at radius 1 is 1.30 bits per heavy atom. The Kier molecular flexibility index (Phi) is 5.07. The zero-order valence-electron chi connectivity index (χ0n) is 15.5. The Morgan fingerprint density at radius 3 is 2.52 bits per heavy atom. The van der Waals surface area contributed by atoms with Gasteiger partial charge in [0.25, 0.3) is 0 Å². The Labute approximate surface area is 155 Å². The third kappa shape index (κ3) is 3.73. The van der Waals surface area contributed by atoms with E-state index in [9.17, 15) is 18.0 Å². The van der Waals surface area contributed by atoms with Gasteiger partial charge in [-0.15, -0.1) is 0 Å². The van der Waals surface area contributed by atoms with Crippen LogP contribution in [0.2, 0.25) is 0 Å². The molecule has 0 atom stereocenters. The number of nitrogens with zero attached hydrogens (tertiary/aromatic N) is 3. The molecule has 6 nitrogen and oxygen atoms in total. The van der Waals surface area contributed by atoms with Crippen molar-refractivity contribution in [3.63, 3.8) is 0 Å². The Balaban J connectivity index is 1.67. The second-order valence-corrected chi connectivity index (χ2v) is 7.09. The van der Waals surface area contributed by atoms with Crippen molar-refractivity contribution < 1.29 is 22.7 Å². The van der Waals surface area contributed by atoms with Gasteiger partial charge >= 0.3 is 12.2 Å². The molecule has 2 amide bonds. The fraction of sp³-hybridized carbons (Fsp3) is 0.556. The molecule has 1 aliphatic rings. The van der Waals surface area contributed by atoms with Gasteiger partial charge in [-0.1, -0.05) is 0 Å². The number of anilines is 1. The summed E-state index contributed by atoms with van der Waals surface area (Å²) in [6, 6.07) is 5.14. The van der Waals surface area contributed by atoms with Crippen LogP contribution in [0.5, 0.6) is 0 Å². The van der Waals surface area contributed by atoms with Crippen molar-refractivity contribution in [1.29, 1.82) is 0 Å². The number of fused-ring (bicyclic) bond motifs is 1. The number of rotatable bonds is 3. The quantitative estimate of drug-likeness (QED) is 0.863. The van der Waals surface area contributed by atoms with Crippen LogP contribution >= 0.6 is 0 Å². The number of likely N-dealkylation sites (tertiary alicyclic amines) is 1. The van der Waals surface area contributed by atoms with Gasteiger partial charge < -0.3 is 15.0 Å². The summed E-state index contributed by atoms with van der Waals surface area (Å²) >= 11 is 0. The number of benzene rings is 1. The summed E-state index contributed by atoms with van der Waals surface area (Å²) in [5.74, 6) is 0. The molecule has 9 heteroatoms. The number of hydrogen-bond acceptors (Lipinski definition) is 3. The van der Waals surface area contributed by atoms with E-state index >= 15 is 0 Å². The van der Waals surface area contributed by atoms with E-state index in [0.29, 0.717) is 5.69 Å². The Morgan fingerprint density at radius 2 is 1.96 bits per heavy atom. The summed E-state index contributed by atoms with van der Waals surface area (Å²) in [5, 5.41) is 8.08. The smallest absolute Gasteiger partial charge is 0.369 e. The predicted octanol–water partition coefficient (Wildman–Crippen LogP) is 4.19. The maximum Gasteiger partial charge on any atom is 0.417 e. The van der Waals surface area contributed by atoms with Crippen molar-refractivity contribution in [2.75, 3.05) is 25.5 Å². The van der Waals surface area contributed by atoms with Gasteiger partial charge in [0.15, 0.2) is 5.60 Å². The van der Waals surface area contributed by atoms with Gasteiger partial charge in [0.05, 0.1) is 5.52 Å². The van der Waals surface area contributed by atoms with Gasteiger partial charge in [-0.3, -0.25) is 4.68 Å². The van der Waals surface area contributed by atoms with Crippen molar-refractivity contribution in [3.05, 3.63) is 24.4 Å². The molecule has 3 rings (SSSR count). The number of nitrogens with one attached hydrogen (secondary N) is 1. The van der Waals surface area contributed by atoms with Crippen LogP contribution in [0.25, 0.3) is 10.9 Å². The number of alkyl halides is 3. The topological polar surface area (TPSA) is 59.4 Å². The second-order valence-electron chi connectivity index (χ2n) is 7.09. The SMILES string of the molecule is COC1(C(F)(F)F)CCN(C(=O)Nc2ccc3nn(C(C)C)cc3c2)CC1. The molecule has 2 heterocycles.